The van der Waals surface area contributed by atoms with Crippen LogP contribution in [-0.4, -0.2) is 37.2 Å². The molecule has 0 aromatic carbocycles. The first-order valence-corrected chi connectivity index (χ1v) is 25.1. The van der Waals surface area contributed by atoms with Crippen molar-refractivity contribution in [3.05, 3.63) is 48.6 Å². The molecule has 1 atom stereocenters. The number of rotatable bonds is 45. The monoisotopic (exact) mass is 827 g/mol. The Hall–Kier alpha value is -2.63. The Morgan fingerprint density at radius 1 is 0.339 bits per heavy atom. The number of allylic oxidation sites excluding steroid dienone is 8. The molecule has 0 aliphatic heterocycles. The number of carbonyl (C=O) groups excluding carboxylic acids is 3. The van der Waals surface area contributed by atoms with Crippen molar-refractivity contribution < 1.29 is 28.6 Å². The van der Waals surface area contributed by atoms with E-state index >= 15 is 0 Å². The molecular weight excluding hydrogens is 733 g/mol. The molecule has 0 fully saturated rings. The largest absolute Gasteiger partial charge is 0.462 e. The quantitative estimate of drug-likeness (QED) is 0.0263. The summed E-state index contributed by atoms with van der Waals surface area (Å²) in [6, 6.07) is 0. The fourth-order valence-electron chi connectivity index (χ4n) is 6.98. The molecule has 0 heterocycles. The number of ether oxygens (including phenoxy) is 3. The highest BCUT2D eigenvalue weighted by molar-refractivity contribution is 5.71. The van der Waals surface area contributed by atoms with Gasteiger partial charge in [0.25, 0.3) is 0 Å². The number of hydrogen-bond donors (Lipinski definition) is 0. The fourth-order valence-corrected chi connectivity index (χ4v) is 6.98. The summed E-state index contributed by atoms with van der Waals surface area (Å²) in [4.78, 5) is 37.9. The third-order valence-corrected chi connectivity index (χ3v) is 10.8. The molecule has 0 aromatic rings. The van der Waals surface area contributed by atoms with Gasteiger partial charge in [0.05, 0.1) is 0 Å². The molecule has 342 valence electrons. The van der Waals surface area contributed by atoms with Crippen LogP contribution in [0.25, 0.3) is 0 Å². The zero-order valence-electron chi connectivity index (χ0n) is 39.0. The summed E-state index contributed by atoms with van der Waals surface area (Å²) in [5.74, 6) is -0.906. The third-order valence-electron chi connectivity index (χ3n) is 10.8. The van der Waals surface area contributed by atoms with Crippen molar-refractivity contribution in [2.75, 3.05) is 13.2 Å². The summed E-state index contributed by atoms with van der Waals surface area (Å²) in [5, 5.41) is 0. The topological polar surface area (TPSA) is 78.9 Å². The van der Waals surface area contributed by atoms with Crippen molar-refractivity contribution in [2.45, 2.75) is 258 Å². The first-order chi connectivity index (χ1) is 29.0. The lowest BCUT2D eigenvalue weighted by molar-refractivity contribution is -0.167. The molecule has 6 heteroatoms. The van der Waals surface area contributed by atoms with E-state index in [0.29, 0.717) is 19.3 Å². The van der Waals surface area contributed by atoms with Crippen molar-refractivity contribution in [2.24, 2.45) is 0 Å². The minimum atomic E-state index is -0.782. The van der Waals surface area contributed by atoms with Gasteiger partial charge in [0.15, 0.2) is 6.10 Å². The SMILES string of the molecule is CCC/C=C\C/C=C\CCCCCCCC(=O)OC(COC(=O)CCCCCCC/C=C\C/C=C\CCCCCC)COC(=O)CCCCCCCCCCCCCC. The highest BCUT2D eigenvalue weighted by atomic mass is 16.6. The molecule has 0 spiro atoms. The molecular formula is C53H94O6. The molecule has 0 aliphatic carbocycles. The van der Waals surface area contributed by atoms with Gasteiger partial charge in [-0.05, 0) is 77.0 Å². The molecule has 6 nitrogen and oxygen atoms in total. The maximum atomic E-state index is 12.8. The Morgan fingerprint density at radius 3 is 1.02 bits per heavy atom. The summed E-state index contributed by atoms with van der Waals surface area (Å²) in [6.07, 6.45) is 56.6. The fraction of sp³-hybridized carbons (Fsp3) is 0.792. The Balaban J connectivity index is 4.40. The number of unbranched alkanes of at least 4 members (excludes halogenated alkanes) is 26. The summed E-state index contributed by atoms with van der Waals surface area (Å²) in [6.45, 7) is 6.53. The van der Waals surface area contributed by atoms with Crippen LogP contribution in [-0.2, 0) is 28.6 Å². The summed E-state index contributed by atoms with van der Waals surface area (Å²) < 4.78 is 16.8. The summed E-state index contributed by atoms with van der Waals surface area (Å²) >= 11 is 0. The van der Waals surface area contributed by atoms with E-state index in [2.05, 4.69) is 69.4 Å². The maximum absolute atomic E-state index is 12.8. The van der Waals surface area contributed by atoms with Gasteiger partial charge in [0, 0.05) is 19.3 Å². The van der Waals surface area contributed by atoms with Crippen molar-refractivity contribution >= 4 is 17.9 Å². The van der Waals surface area contributed by atoms with E-state index in [9.17, 15) is 14.4 Å². The van der Waals surface area contributed by atoms with Crippen LogP contribution < -0.4 is 0 Å². The minimum Gasteiger partial charge on any atom is -0.462 e. The first kappa shape index (κ1) is 56.4. The lowest BCUT2D eigenvalue weighted by Gasteiger charge is -2.18. The molecule has 0 N–H and O–H groups in total. The van der Waals surface area contributed by atoms with Crippen LogP contribution in [0.5, 0.6) is 0 Å². The van der Waals surface area contributed by atoms with Gasteiger partial charge in [-0.15, -0.1) is 0 Å². The zero-order chi connectivity index (χ0) is 43.0. The maximum Gasteiger partial charge on any atom is 0.306 e. The zero-order valence-corrected chi connectivity index (χ0v) is 39.0. The predicted octanol–water partition coefficient (Wildman–Crippen LogP) is 16.3. The van der Waals surface area contributed by atoms with Crippen LogP contribution >= 0.6 is 0 Å². The van der Waals surface area contributed by atoms with E-state index in [1.54, 1.807) is 0 Å². The van der Waals surface area contributed by atoms with Gasteiger partial charge in [-0.25, -0.2) is 0 Å². The number of carbonyl (C=O) groups is 3. The third kappa shape index (κ3) is 46.3. The Kier molecular flexibility index (Phi) is 45.9. The molecule has 0 aliphatic rings. The van der Waals surface area contributed by atoms with Crippen molar-refractivity contribution in [1.29, 1.82) is 0 Å². The van der Waals surface area contributed by atoms with Crippen LogP contribution in [0.2, 0.25) is 0 Å². The number of hydrogen-bond acceptors (Lipinski definition) is 6. The average Bonchev–Trinajstić information content (AvgIpc) is 3.23. The van der Waals surface area contributed by atoms with Crippen LogP contribution in [0, 0.1) is 0 Å². The Bertz CT molecular complexity index is 1040. The van der Waals surface area contributed by atoms with Crippen molar-refractivity contribution in [1.82, 2.24) is 0 Å². The smallest absolute Gasteiger partial charge is 0.306 e. The van der Waals surface area contributed by atoms with Gasteiger partial charge in [-0.2, -0.15) is 0 Å². The second kappa shape index (κ2) is 48.0. The molecule has 0 bridgehead atoms. The summed E-state index contributed by atoms with van der Waals surface area (Å²) in [5.41, 5.74) is 0. The van der Waals surface area contributed by atoms with E-state index in [1.807, 2.05) is 0 Å². The van der Waals surface area contributed by atoms with Gasteiger partial charge in [-0.3, -0.25) is 14.4 Å². The van der Waals surface area contributed by atoms with E-state index < -0.39 is 6.10 Å². The summed E-state index contributed by atoms with van der Waals surface area (Å²) in [7, 11) is 0. The molecule has 0 aromatic heterocycles. The molecule has 0 rings (SSSR count). The first-order valence-electron chi connectivity index (χ1n) is 25.1. The average molecular weight is 827 g/mol. The molecule has 0 saturated carbocycles. The second-order valence-corrected chi connectivity index (χ2v) is 16.7. The molecule has 59 heavy (non-hydrogen) atoms. The van der Waals surface area contributed by atoms with Crippen molar-refractivity contribution in [3.63, 3.8) is 0 Å². The molecule has 0 saturated heterocycles. The van der Waals surface area contributed by atoms with Gasteiger partial charge < -0.3 is 14.2 Å². The minimum absolute atomic E-state index is 0.0815. The van der Waals surface area contributed by atoms with Gasteiger partial charge in [-0.1, -0.05) is 204 Å². The standard InChI is InChI=1S/C53H94O6/c1-4-7-10-13-16-19-22-25-26-27-29-31-34-37-40-43-46-52(55)58-49-50(48-57-51(54)45-42-39-36-33-30-24-21-18-15-12-9-6-3)59-53(56)47-44-41-38-35-32-28-23-20-17-14-11-8-5-2/h11,14,19-20,22-23,26-27,50H,4-10,12-13,15-18,21,24-25,28-49H2,1-3H3/b14-11-,22-19-,23-20-,27-26-. The highest BCUT2D eigenvalue weighted by Gasteiger charge is 2.19. The van der Waals surface area contributed by atoms with Gasteiger partial charge >= 0.3 is 17.9 Å². The van der Waals surface area contributed by atoms with E-state index in [4.69, 9.17) is 14.2 Å². The lowest BCUT2D eigenvalue weighted by atomic mass is 10.0. The predicted molar refractivity (Wildman–Crippen MR) is 252 cm³/mol. The molecule has 0 amide bonds. The van der Waals surface area contributed by atoms with E-state index in [0.717, 1.165) is 109 Å². The van der Waals surface area contributed by atoms with E-state index in [1.165, 1.54) is 103 Å². The Labute approximate surface area is 365 Å². The van der Waals surface area contributed by atoms with Crippen LogP contribution in [0.1, 0.15) is 252 Å². The second-order valence-electron chi connectivity index (χ2n) is 16.7. The normalized spacial score (nSPS) is 12.4. The molecule has 0 radical (unpaired) electrons. The number of esters is 3. The van der Waals surface area contributed by atoms with Crippen LogP contribution in [0.4, 0.5) is 0 Å². The van der Waals surface area contributed by atoms with Gasteiger partial charge in [0.1, 0.15) is 13.2 Å². The lowest BCUT2D eigenvalue weighted by Crippen LogP contribution is -2.30. The molecule has 1 unspecified atom stereocenters. The van der Waals surface area contributed by atoms with E-state index in [-0.39, 0.29) is 31.1 Å². The Morgan fingerprint density at radius 2 is 0.644 bits per heavy atom. The van der Waals surface area contributed by atoms with Gasteiger partial charge in [0.2, 0.25) is 0 Å². The van der Waals surface area contributed by atoms with Crippen LogP contribution in [0.15, 0.2) is 48.6 Å². The highest BCUT2D eigenvalue weighted by Crippen LogP contribution is 2.14. The van der Waals surface area contributed by atoms with Crippen molar-refractivity contribution in [3.8, 4) is 0 Å². The van der Waals surface area contributed by atoms with Crippen LogP contribution in [0.3, 0.4) is 0 Å².